The Hall–Kier alpha value is -1.69. The zero-order valence-corrected chi connectivity index (χ0v) is 14.0. The Balaban J connectivity index is 2.26. The molecular weight excluding hydrogens is 368 g/mol. The van der Waals surface area contributed by atoms with Gasteiger partial charge in [0.05, 0.1) is 11.4 Å². The smallest absolute Gasteiger partial charge is 0.276 e. The van der Waals surface area contributed by atoms with Gasteiger partial charge in [0.1, 0.15) is 0 Å². The fraction of sp³-hybridized carbons (Fsp3) is 0.125. The summed E-state index contributed by atoms with van der Waals surface area (Å²) in [5, 5.41) is 3.39. The van der Waals surface area contributed by atoms with Gasteiger partial charge < -0.3 is 10.1 Å². The molecule has 4 nitrogen and oxygen atoms in total. The summed E-state index contributed by atoms with van der Waals surface area (Å²) in [6.07, 6.45) is -0.919. The van der Waals surface area contributed by atoms with Gasteiger partial charge in [0.15, 0.2) is 0 Å². The van der Waals surface area contributed by atoms with Crippen LogP contribution in [0.3, 0.4) is 0 Å². The van der Waals surface area contributed by atoms with E-state index in [1.54, 1.807) is 6.07 Å². The molecule has 0 saturated carbocycles. The number of fused-ring (bicyclic) bond motifs is 1. The van der Waals surface area contributed by atoms with Gasteiger partial charge in [-0.1, -0.05) is 45.7 Å². The van der Waals surface area contributed by atoms with Gasteiger partial charge in [0.2, 0.25) is 6.23 Å². The van der Waals surface area contributed by atoms with Crippen LogP contribution in [0.1, 0.15) is 11.1 Å². The van der Waals surface area contributed by atoms with E-state index in [0.717, 1.165) is 15.6 Å². The minimum Gasteiger partial charge on any atom is -0.352 e. The van der Waals surface area contributed by atoms with Crippen molar-refractivity contribution in [3.63, 3.8) is 0 Å². The van der Waals surface area contributed by atoms with Crippen LogP contribution in [-0.4, -0.2) is 25.0 Å². The minimum atomic E-state index is -0.919. The van der Waals surface area contributed by atoms with Crippen LogP contribution in [0.15, 0.2) is 51.9 Å². The minimum absolute atomic E-state index is 0.312. The van der Waals surface area contributed by atoms with Gasteiger partial charge in [-0.25, -0.2) is 4.99 Å². The zero-order valence-electron chi connectivity index (χ0n) is 11.6. The van der Waals surface area contributed by atoms with Crippen molar-refractivity contribution < 1.29 is 9.53 Å². The van der Waals surface area contributed by atoms with E-state index in [9.17, 15) is 4.79 Å². The summed E-state index contributed by atoms with van der Waals surface area (Å²) in [6, 6.07) is 13.0. The van der Waals surface area contributed by atoms with Gasteiger partial charge in [-0.2, -0.15) is 0 Å². The fourth-order valence-electron chi connectivity index (χ4n) is 2.29. The number of methoxy groups -OCH3 is 1. The van der Waals surface area contributed by atoms with Crippen molar-refractivity contribution in [3.05, 3.63) is 63.1 Å². The second kappa shape index (κ2) is 6.20. The molecule has 1 N–H and O–H groups in total. The van der Waals surface area contributed by atoms with Crippen LogP contribution in [0, 0.1) is 0 Å². The number of anilines is 1. The van der Waals surface area contributed by atoms with Crippen molar-refractivity contribution in [3.8, 4) is 0 Å². The number of halogens is 2. The summed E-state index contributed by atoms with van der Waals surface area (Å²) in [5.41, 5.74) is 2.83. The lowest BCUT2D eigenvalue weighted by Gasteiger charge is -2.11. The topological polar surface area (TPSA) is 50.7 Å². The van der Waals surface area contributed by atoms with E-state index in [1.165, 1.54) is 7.11 Å². The average molecular weight is 380 g/mol. The first-order valence-corrected chi connectivity index (χ1v) is 7.73. The number of rotatable bonds is 2. The monoisotopic (exact) mass is 378 g/mol. The molecule has 1 atom stereocenters. The standard InChI is InChI=1S/C16H12BrClN2O2/c1-22-16-15(21)19-13-7-6-9(17)8-11(13)14(20-16)10-4-2-3-5-12(10)18/h2-8,16H,1H3,(H,19,21). The Morgan fingerprint density at radius 1 is 1.23 bits per heavy atom. The second-order valence-corrected chi connectivity index (χ2v) is 6.05. The van der Waals surface area contributed by atoms with Gasteiger partial charge in [0.25, 0.3) is 5.91 Å². The summed E-state index contributed by atoms with van der Waals surface area (Å²) < 4.78 is 6.07. The molecule has 0 bridgehead atoms. The molecule has 0 fully saturated rings. The Labute approximate surface area is 141 Å². The summed E-state index contributed by atoms with van der Waals surface area (Å²) in [5.74, 6) is -0.312. The number of carbonyl (C=O) groups excluding carboxylic acids is 1. The molecular formula is C16H12BrClN2O2. The van der Waals surface area contributed by atoms with E-state index < -0.39 is 6.23 Å². The molecule has 0 aliphatic carbocycles. The highest BCUT2D eigenvalue weighted by atomic mass is 79.9. The lowest BCUT2D eigenvalue weighted by molar-refractivity contribution is -0.125. The van der Waals surface area contributed by atoms with E-state index in [2.05, 4.69) is 26.2 Å². The summed E-state index contributed by atoms with van der Waals surface area (Å²) >= 11 is 9.76. The van der Waals surface area contributed by atoms with Crippen LogP contribution >= 0.6 is 27.5 Å². The molecule has 1 aliphatic rings. The van der Waals surface area contributed by atoms with Gasteiger partial charge in [0, 0.05) is 27.7 Å². The van der Waals surface area contributed by atoms with Crippen molar-refractivity contribution in [1.29, 1.82) is 0 Å². The molecule has 0 radical (unpaired) electrons. The highest BCUT2D eigenvalue weighted by Gasteiger charge is 2.26. The first-order chi connectivity index (χ1) is 10.6. The molecule has 0 saturated heterocycles. The quantitative estimate of drug-likeness (QED) is 0.861. The van der Waals surface area contributed by atoms with E-state index in [4.69, 9.17) is 16.3 Å². The van der Waals surface area contributed by atoms with E-state index >= 15 is 0 Å². The highest BCUT2D eigenvalue weighted by molar-refractivity contribution is 9.10. The van der Waals surface area contributed by atoms with E-state index in [-0.39, 0.29) is 5.91 Å². The van der Waals surface area contributed by atoms with Gasteiger partial charge in [-0.3, -0.25) is 4.79 Å². The van der Waals surface area contributed by atoms with Gasteiger partial charge in [-0.15, -0.1) is 0 Å². The molecule has 3 rings (SSSR count). The third kappa shape index (κ3) is 2.79. The lowest BCUT2D eigenvalue weighted by atomic mass is 10.0. The first kappa shape index (κ1) is 15.2. The number of hydrogen-bond acceptors (Lipinski definition) is 3. The molecule has 2 aromatic carbocycles. The molecule has 0 aromatic heterocycles. The predicted molar refractivity (Wildman–Crippen MR) is 90.7 cm³/mol. The fourth-order valence-corrected chi connectivity index (χ4v) is 2.88. The van der Waals surface area contributed by atoms with Gasteiger partial charge in [-0.05, 0) is 24.3 Å². The maximum atomic E-state index is 12.2. The molecule has 1 amide bonds. The maximum absolute atomic E-state index is 12.2. The number of benzene rings is 2. The van der Waals surface area contributed by atoms with Crippen molar-refractivity contribution in [2.24, 2.45) is 4.99 Å². The molecule has 1 aliphatic heterocycles. The molecule has 2 aromatic rings. The molecule has 1 heterocycles. The van der Waals surface area contributed by atoms with Crippen LogP contribution in [0.5, 0.6) is 0 Å². The van der Waals surface area contributed by atoms with Crippen molar-refractivity contribution in [2.75, 3.05) is 12.4 Å². The second-order valence-electron chi connectivity index (χ2n) is 4.72. The normalized spacial score (nSPS) is 17.3. The number of aliphatic imine (C=N–C) groups is 1. The molecule has 6 heteroatoms. The van der Waals surface area contributed by atoms with Crippen LogP contribution in [0.2, 0.25) is 5.02 Å². The number of nitrogens with zero attached hydrogens (tertiary/aromatic N) is 1. The Morgan fingerprint density at radius 2 is 2.00 bits per heavy atom. The van der Waals surface area contributed by atoms with Crippen LogP contribution in [-0.2, 0) is 9.53 Å². The highest BCUT2D eigenvalue weighted by Crippen LogP contribution is 2.29. The van der Waals surface area contributed by atoms with Gasteiger partial charge >= 0.3 is 0 Å². The third-order valence-electron chi connectivity index (χ3n) is 3.32. The molecule has 22 heavy (non-hydrogen) atoms. The summed E-state index contributed by atoms with van der Waals surface area (Å²) in [6.45, 7) is 0. The number of amides is 1. The number of ether oxygens (including phenoxy) is 1. The number of nitrogens with one attached hydrogen (secondary N) is 1. The van der Waals surface area contributed by atoms with Crippen molar-refractivity contribution in [2.45, 2.75) is 6.23 Å². The van der Waals surface area contributed by atoms with E-state index in [1.807, 2.05) is 36.4 Å². The average Bonchev–Trinajstić information content (AvgIpc) is 2.64. The molecule has 1 unspecified atom stereocenters. The Bertz CT molecular complexity index is 776. The lowest BCUT2D eigenvalue weighted by Crippen LogP contribution is -2.26. The zero-order chi connectivity index (χ0) is 15.7. The molecule has 112 valence electrons. The van der Waals surface area contributed by atoms with Crippen LogP contribution < -0.4 is 5.32 Å². The van der Waals surface area contributed by atoms with E-state index in [0.29, 0.717) is 16.4 Å². The third-order valence-corrected chi connectivity index (χ3v) is 4.14. The number of carbonyl (C=O) groups is 1. The largest absolute Gasteiger partial charge is 0.352 e. The number of benzodiazepines with no additional fused rings is 1. The molecule has 0 spiro atoms. The maximum Gasteiger partial charge on any atom is 0.276 e. The number of hydrogen-bond donors (Lipinski definition) is 1. The van der Waals surface area contributed by atoms with Crippen molar-refractivity contribution >= 4 is 44.8 Å². The van der Waals surface area contributed by atoms with Crippen LogP contribution in [0.4, 0.5) is 5.69 Å². The first-order valence-electron chi connectivity index (χ1n) is 6.56. The Kier molecular flexibility index (Phi) is 4.29. The van der Waals surface area contributed by atoms with Crippen molar-refractivity contribution in [1.82, 2.24) is 0 Å². The summed E-state index contributed by atoms with van der Waals surface area (Å²) in [7, 11) is 1.45. The van der Waals surface area contributed by atoms with Crippen LogP contribution in [0.25, 0.3) is 0 Å². The predicted octanol–water partition coefficient (Wildman–Crippen LogP) is 3.86. The summed E-state index contributed by atoms with van der Waals surface area (Å²) in [4.78, 5) is 16.6. The SMILES string of the molecule is COC1N=C(c2ccccc2Cl)c2cc(Br)ccc2NC1=O. The Morgan fingerprint density at radius 3 is 2.73 bits per heavy atom.